The standard InChI is InChI=1S/C12H15FN2S/c1-2-12(5-6-16-8-15-12)10-7-9(14)3-4-11(10)13/h3-4,7-8H,2,5-6,14H2,1H3/t12-/m0/s1. The first-order valence-corrected chi connectivity index (χ1v) is 6.43. The summed E-state index contributed by atoms with van der Waals surface area (Å²) in [6, 6.07) is 4.73. The number of hydrogen-bond donors (Lipinski definition) is 1. The highest BCUT2D eigenvalue weighted by atomic mass is 32.2. The minimum atomic E-state index is -0.412. The van der Waals surface area contributed by atoms with Gasteiger partial charge in [-0.3, -0.25) is 4.99 Å². The van der Waals surface area contributed by atoms with E-state index >= 15 is 0 Å². The minimum Gasteiger partial charge on any atom is -0.399 e. The maximum atomic E-state index is 13.8. The maximum absolute atomic E-state index is 13.8. The van der Waals surface area contributed by atoms with Gasteiger partial charge in [0.05, 0.1) is 11.1 Å². The first kappa shape index (κ1) is 11.5. The Bertz CT molecular complexity index is 419. The third kappa shape index (κ3) is 1.94. The third-order valence-corrected chi connectivity index (χ3v) is 3.78. The van der Waals surface area contributed by atoms with Crippen molar-refractivity contribution in [3.63, 3.8) is 0 Å². The van der Waals surface area contributed by atoms with Crippen LogP contribution in [-0.2, 0) is 5.54 Å². The van der Waals surface area contributed by atoms with Crippen LogP contribution in [0, 0.1) is 5.82 Å². The molecule has 0 fully saturated rings. The van der Waals surface area contributed by atoms with Crippen molar-refractivity contribution in [2.24, 2.45) is 4.99 Å². The Labute approximate surface area is 99.1 Å². The van der Waals surface area contributed by atoms with E-state index in [2.05, 4.69) is 4.99 Å². The Morgan fingerprint density at radius 3 is 3.00 bits per heavy atom. The molecule has 1 aliphatic rings. The molecule has 0 spiro atoms. The molecular formula is C12H15FN2S. The summed E-state index contributed by atoms with van der Waals surface area (Å²) in [6.45, 7) is 2.04. The molecule has 1 atom stereocenters. The van der Waals surface area contributed by atoms with Gasteiger partial charge in [-0.1, -0.05) is 6.92 Å². The van der Waals surface area contributed by atoms with Crippen LogP contribution in [0.15, 0.2) is 23.2 Å². The molecule has 2 nitrogen and oxygen atoms in total. The molecule has 0 bridgehead atoms. The number of nitrogen functional groups attached to an aromatic ring is 1. The number of thioether (sulfide) groups is 1. The second-order valence-electron chi connectivity index (χ2n) is 3.98. The average Bonchev–Trinajstić information content (AvgIpc) is 2.33. The number of nitrogens with zero attached hydrogens (tertiary/aromatic N) is 1. The fourth-order valence-electron chi connectivity index (χ4n) is 2.05. The van der Waals surface area contributed by atoms with Gasteiger partial charge in [-0.15, -0.1) is 11.8 Å². The Morgan fingerprint density at radius 2 is 2.38 bits per heavy atom. The lowest BCUT2D eigenvalue weighted by atomic mass is 9.84. The molecule has 2 rings (SSSR count). The van der Waals surface area contributed by atoms with E-state index in [-0.39, 0.29) is 5.82 Å². The van der Waals surface area contributed by atoms with Crippen molar-refractivity contribution in [3.8, 4) is 0 Å². The fraction of sp³-hybridized carbons (Fsp3) is 0.417. The van der Waals surface area contributed by atoms with E-state index in [1.165, 1.54) is 6.07 Å². The molecule has 0 aliphatic carbocycles. The zero-order valence-corrected chi connectivity index (χ0v) is 10.1. The van der Waals surface area contributed by atoms with Crippen LogP contribution in [0.1, 0.15) is 25.3 Å². The second kappa shape index (κ2) is 4.45. The summed E-state index contributed by atoms with van der Waals surface area (Å²) in [7, 11) is 0. The molecule has 4 heteroatoms. The van der Waals surface area contributed by atoms with E-state index in [9.17, 15) is 4.39 Å². The van der Waals surface area contributed by atoms with Crippen molar-refractivity contribution < 1.29 is 4.39 Å². The van der Waals surface area contributed by atoms with Gasteiger partial charge in [0.2, 0.25) is 0 Å². The lowest BCUT2D eigenvalue weighted by molar-refractivity contribution is 0.399. The molecule has 1 heterocycles. The maximum Gasteiger partial charge on any atom is 0.128 e. The van der Waals surface area contributed by atoms with Crippen LogP contribution in [-0.4, -0.2) is 11.3 Å². The van der Waals surface area contributed by atoms with Crippen molar-refractivity contribution in [3.05, 3.63) is 29.6 Å². The van der Waals surface area contributed by atoms with E-state index in [1.807, 2.05) is 12.5 Å². The number of halogens is 1. The van der Waals surface area contributed by atoms with Crippen LogP contribution < -0.4 is 5.73 Å². The number of benzene rings is 1. The molecule has 2 N–H and O–H groups in total. The summed E-state index contributed by atoms with van der Waals surface area (Å²) in [4.78, 5) is 4.49. The van der Waals surface area contributed by atoms with Crippen LogP contribution >= 0.6 is 11.8 Å². The zero-order chi connectivity index (χ0) is 11.6. The Kier molecular flexibility index (Phi) is 3.19. The summed E-state index contributed by atoms with van der Waals surface area (Å²) in [6.07, 6.45) is 1.66. The van der Waals surface area contributed by atoms with Gasteiger partial charge < -0.3 is 5.73 Å². The average molecular weight is 238 g/mol. The highest BCUT2D eigenvalue weighted by molar-refractivity contribution is 8.12. The summed E-state index contributed by atoms with van der Waals surface area (Å²) < 4.78 is 13.8. The van der Waals surface area contributed by atoms with E-state index < -0.39 is 5.54 Å². The number of hydrogen-bond acceptors (Lipinski definition) is 3. The molecule has 1 aliphatic heterocycles. The molecule has 0 radical (unpaired) electrons. The monoisotopic (exact) mass is 238 g/mol. The quantitative estimate of drug-likeness (QED) is 0.804. The summed E-state index contributed by atoms with van der Waals surface area (Å²) >= 11 is 1.67. The van der Waals surface area contributed by atoms with E-state index in [0.717, 1.165) is 18.6 Å². The van der Waals surface area contributed by atoms with Crippen LogP contribution in [0.3, 0.4) is 0 Å². The minimum absolute atomic E-state index is 0.208. The van der Waals surface area contributed by atoms with Crippen LogP contribution in [0.5, 0.6) is 0 Å². The van der Waals surface area contributed by atoms with Crippen molar-refractivity contribution in [2.45, 2.75) is 25.3 Å². The van der Waals surface area contributed by atoms with Crippen molar-refractivity contribution in [2.75, 3.05) is 11.5 Å². The SMILES string of the molecule is CC[C@@]1(c2cc(N)ccc2F)CCSC=N1. The molecule has 0 unspecified atom stereocenters. The van der Waals surface area contributed by atoms with Crippen molar-refractivity contribution in [1.29, 1.82) is 0 Å². The number of rotatable bonds is 2. The second-order valence-corrected chi connectivity index (χ2v) is 4.93. The topological polar surface area (TPSA) is 38.4 Å². The summed E-state index contributed by atoms with van der Waals surface area (Å²) in [5.41, 5.74) is 8.37. The first-order valence-electron chi connectivity index (χ1n) is 5.39. The zero-order valence-electron chi connectivity index (χ0n) is 9.24. The Balaban J connectivity index is 2.51. The van der Waals surface area contributed by atoms with Crippen molar-refractivity contribution >= 4 is 23.0 Å². The summed E-state index contributed by atoms with van der Waals surface area (Å²) in [5.74, 6) is 0.770. The molecular weight excluding hydrogens is 223 g/mol. The summed E-state index contributed by atoms with van der Waals surface area (Å²) in [5, 5.41) is 0. The van der Waals surface area contributed by atoms with E-state index in [0.29, 0.717) is 11.3 Å². The van der Waals surface area contributed by atoms with Gasteiger partial charge in [-0.2, -0.15) is 0 Å². The van der Waals surface area contributed by atoms with Gasteiger partial charge in [0.1, 0.15) is 5.82 Å². The molecule has 16 heavy (non-hydrogen) atoms. The molecule has 0 saturated carbocycles. The molecule has 1 aromatic carbocycles. The predicted octanol–water partition coefficient (Wildman–Crippen LogP) is 3.18. The fourth-order valence-corrected chi connectivity index (χ4v) is 2.88. The van der Waals surface area contributed by atoms with Gasteiger partial charge in [0.15, 0.2) is 0 Å². The van der Waals surface area contributed by atoms with Crippen LogP contribution in [0.4, 0.5) is 10.1 Å². The molecule has 0 amide bonds. The number of anilines is 1. The van der Waals surface area contributed by atoms with Gasteiger partial charge in [0, 0.05) is 17.0 Å². The number of nitrogens with two attached hydrogens (primary N) is 1. The van der Waals surface area contributed by atoms with Crippen molar-refractivity contribution in [1.82, 2.24) is 0 Å². The molecule has 86 valence electrons. The third-order valence-electron chi connectivity index (χ3n) is 3.08. The van der Waals surface area contributed by atoms with E-state index in [1.54, 1.807) is 23.9 Å². The van der Waals surface area contributed by atoms with Gasteiger partial charge >= 0.3 is 0 Å². The molecule has 1 aromatic rings. The number of aliphatic imine (C=N–C) groups is 1. The lowest BCUT2D eigenvalue weighted by Crippen LogP contribution is -2.27. The van der Waals surface area contributed by atoms with Gasteiger partial charge in [-0.05, 0) is 31.0 Å². The van der Waals surface area contributed by atoms with Gasteiger partial charge in [-0.25, -0.2) is 4.39 Å². The Morgan fingerprint density at radius 1 is 1.56 bits per heavy atom. The van der Waals surface area contributed by atoms with Crippen LogP contribution in [0.2, 0.25) is 0 Å². The highest BCUT2D eigenvalue weighted by Gasteiger charge is 2.33. The highest BCUT2D eigenvalue weighted by Crippen LogP contribution is 2.39. The first-order chi connectivity index (χ1) is 7.68. The normalized spacial score (nSPS) is 24.6. The van der Waals surface area contributed by atoms with Crippen LogP contribution in [0.25, 0.3) is 0 Å². The lowest BCUT2D eigenvalue weighted by Gasteiger charge is -2.31. The smallest absolute Gasteiger partial charge is 0.128 e. The molecule has 0 saturated heterocycles. The Hall–Kier alpha value is -1.03. The van der Waals surface area contributed by atoms with E-state index in [4.69, 9.17) is 5.73 Å². The van der Waals surface area contributed by atoms with Gasteiger partial charge in [0.25, 0.3) is 0 Å². The molecule has 0 aromatic heterocycles. The largest absolute Gasteiger partial charge is 0.399 e. The predicted molar refractivity (Wildman–Crippen MR) is 68.3 cm³/mol.